The molecule has 0 aliphatic rings. The maximum Gasteiger partial charge on any atom is 0.407 e. The third-order valence-electron chi connectivity index (χ3n) is 9.42. The van der Waals surface area contributed by atoms with E-state index < -0.39 is 35.2 Å². The molecule has 4 aromatic carbocycles. The Morgan fingerprint density at radius 1 is 0.567 bits per heavy atom. The number of hydrogen-bond donors (Lipinski definition) is 3. The highest BCUT2D eigenvalue weighted by molar-refractivity contribution is 5.91. The summed E-state index contributed by atoms with van der Waals surface area (Å²) in [4.78, 5) is 58.8. The summed E-state index contributed by atoms with van der Waals surface area (Å²) in [5.74, 6) is -0.890. The highest BCUT2D eigenvalue weighted by atomic mass is 16.6. The molecule has 0 saturated heterocycles. The van der Waals surface area contributed by atoms with Crippen LogP contribution in [0.5, 0.6) is 5.75 Å². The van der Waals surface area contributed by atoms with Crippen molar-refractivity contribution in [1.29, 1.82) is 0 Å². The largest absolute Gasteiger partial charge is 0.508 e. The molecule has 0 aliphatic heterocycles. The van der Waals surface area contributed by atoms with Crippen molar-refractivity contribution in [2.75, 3.05) is 13.1 Å². The Kier molecular flexibility index (Phi) is 14.7. The summed E-state index contributed by atoms with van der Waals surface area (Å²) in [5.41, 5.74) is 3.33. The fraction of sp³-hybridized carbons (Fsp3) is 0.306. The molecule has 0 saturated carbocycles. The fourth-order valence-electron chi connectivity index (χ4n) is 6.47. The summed E-state index contributed by atoms with van der Waals surface area (Å²) in [6.45, 7) is 13.1. The minimum Gasteiger partial charge on any atom is -0.508 e. The second-order valence-electron chi connectivity index (χ2n) is 16.8. The number of aromatic nitrogens is 2. The summed E-state index contributed by atoms with van der Waals surface area (Å²) < 4.78 is 10.6. The first-order valence-electron chi connectivity index (χ1n) is 19.9. The van der Waals surface area contributed by atoms with Gasteiger partial charge in [-0.3, -0.25) is 19.6 Å². The standard InChI is InChI=1S/C25H28N2O3.C24H26N2O4/c1-17-5-8-19(9-6-17)22(16-27-24(29)30-25(2,3)4)23(28)14-18-7-10-21-15-26-12-11-20(21)13-18;1-24(2,3)30-23(29)26-15-21(17-6-8-20(27)9-7-17)22(28)13-16-4-5-19-14-25-11-10-18(19)12-16/h5-13,15,22H,14,16H2,1-4H3,(H,27,29);4-12,14,21,27H,13,15H2,1-3H3,(H,26,29). The topological polar surface area (TPSA) is 157 Å². The lowest BCUT2D eigenvalue weighted by molar-refractivity contribution is -0.120. The minimum atomic E-state index is -0.623. The van der Waals surface area contributed by atoms with E-state index in [2.05, 4.69) is 20.6 Å². The number of carbonyl (C=O) groups is 4. The summed E-state index contributed by atoms with van der Waals surface area (Å²) >= 11 is 0. The first-order chi connectivity index (χ1) is 28.4. The number of alkyl carbamates (subject to hydrolysis) is 2. The molecule has 312 valence electrons. The van der Waals surface area contributed by atoms with Gasteiger partial charge in [0, 0.05) is 61.5 Å². The molecule has 2 aromatic heterocycles. The van der Waals surface area contributed by atoms with Crippen LogP contribution in [0.3, 0.4) is 0 Å². The number of pyridine rings is 2. The van der Waals surface area contributed by atoms with Crippen molar-refractivity contribution >= 4 is 45.3 Å². The maximum absolute atomic E-state index is 13.2. The molecule has 6 aromatic rings. The van der Waals surface area contributed by atoms with E-state index in [9.17, 15) is 24.3 Å². The number of nitrogens with zero attached hydrogens (tertiary/aromatic N) is 2. The quantitative estimate of drug-likeness (QED) is 0.110. The number of fused-ring (bicyclic) bond motifs is 2. The van der Waals surface area contributed by atoms with E-state index in [0.717, 1.165) is 49.4 Å². The Balaban J connectivity index is 0.000000228. The Hall–Kier alpha value is -6.62. The Morgan fingerprint density at radius 3 is 1.37 bits per heavy atom. The van der Waals surface area contributed by atoms with E-state index in [4.69, 9.17) is 9.47 Å². The second-order valence-corrected chi connectivity index (χ2v) is 16.8. The van der Waals surface area contributed by atoms with Crippen molar-refractivity contribution in [1.82, 2.24) is 20.6 Å². The molecule has 2 heterocycles. The Morgan fingerprint density at radius 2 is 0.967 bits per heavy atom. The van der Waals surface area contributed by atoms with Crippen LogP contribution < -0.4 is 10.6 Å². The van der Waals surface area contributed by atoms with Crippen LogP contribution in [-0.2, 0) is 31.9 Å². The molecule has 2 unspecified atom stereocenters. The number of ether oxygens (including phenoxy) is 2. The number of hydrogen-bond acceptors (Lipinski definition) is 9. The normalized spacial score (nSPS) is 12.4. The Bertz CT molecular complexity index is 2250. The summed E-state index contributed by atoms with van der Waals surface area (Å²) in [7, 11) is 0. The number of amides is 2. The molecule has 11 heteroatoms. The first-order valence-corrected chi connectivity index (χ1v) is 19.9. The van der Waals surface area contributed by atoms with Crippen molar-refractivity contribution in [3.63, 3.8) is 0 Å². The second kappa shape index (κ2) is 19.9. The van der Waals surface area contributed by atoms with E-state index >= 15 is 0 Å². The van der Waals surface area contributed by atoms with Gasteiger partial charge in [0.15, 0.2) is 0 Å². The molecule has 3 N–H and O–H groups in total. The number of Topliss-reactive ketones (excluding diaryl/α,β-unsaturated/α-hetero) is 2. The van der Waals surface area contributed by atoms with Gasteiger partial charge in [0.2, 0.25) is 0 Å². The molecule has 0 spiro atoms. The zero-order valence-corrected chi connectivity index (χ0v) is 35.3. The molecule has 2 amide bonds. The third-order valence-corrected chi connectivity index (χ3v) is 9.42. The van der Waals surface area contributed by atoms with Gasteiger partial charge in [-0.2, -0.15) is 0 Å². The highest BCUT2D eigenvalue weighted by Gasteiger charge is 2.25. The minimum absolute atomic E-state index is 0.0369. The number of nitrogens with one attached hydrogen (secondary N) is 2. The molecule has 0 aliphatic carbocycles. The summed E-state index contributed by atoms with van der Waals surface area (Å²) in [6.07, 6.45) is 6.47. The lowest BCUT2D eigenvalue weighted by Crippen LogP contribution is -2.36. The summed E-state index contributed by atoms with van der Waals surface area (Å²) in [6, 6.07) is 29.9. The zero-order valence-electron chi connectivity index (χ0n) is 35.3. The van der Waals surface area contributed by atoms with Crippen molar-refractivity contribution in [3.05, 3.63) is 150 Å². The Labute approximate surface area is 351 Å². The van der Waals surface area contributed by atoms with Gasteiger partial charge in [-0.25, -0.2) is 9.59 Å². The molecule has 0 radical (unpaired) electrons. The predicted octanol–water partition coefficient (Wildman–Crippen LogP) is 9.32. The molecular weight excluding hydrogens is 757 g/mol. The highest BCUT2D eigenvalue weighted by Crippen LogP contribution is 2.24. The number of benzene rings is 4. The lowest BCUT2D eigenvalue weighted by atomic mass is 9.90. The smallest absolute Gasteiger partial charge is 0.407 e. The van der Waals surface area contributed by atoms with Crippen LogP contribution in [0, 0.1) is 6.92 Å². The van der Waals surface area contributed by atoms with Gasteiger partial charge in [-0.15, -0.1) is 0 Å². The molecule has 6 rings (SSSR count). The van der Waals surface area contributed by atoms with Gasteiger partial charge in [-0.1, -0.05) is 78.4 Å². The van der Waals surface area contributed by atoms with Crippen LogP contribution in [0.25, 0.3) is 21.5 Å². The predicted molar refractivity (Wildman–Crippen MR) is 234 cm³/mol. The van der Waals surface area contributed by atoms with Crippen LogP contribution in [0.15, 0.2) is 122 Å². The number of carbonyl (C=O) groups excluding carboxylic acids is 4. The van der Waals surface area contributed by atoms with Gasteiger partial charge in [0.05, 0.1) is 11.8 Å². The number of phenols is 1. The van der Waals surface area contributed by atoms with Gasteiger partial charge >= 0.3 is 12.2 Å². The maximum atomic E-state index is 13.2. The number of ketones is 2. The number of phenolic OH excluding ortho intramolecular Hbond substituents is 1. The van der Waals surface area contributed by atoms with Crippen LogP contribution in [0.4, 0.5) is 9.59 Å². The van der Waals surface area contributed by atoms with Gasteiger partial charge < -0.3 is 25.2 Å². The first kappa shape index (κ1) is 44.5. The average molecular weight is 811 g/mol. The van der Waals surface area contributed by atoms with Crippen LogP contribution >= 0.6 is 0 Å². The van der Waals surface area contributed by atoms with E-state index in [0.29, 0.717) is 0 Å². The van der Waals surface area contributed by atoms with Crippen molar-refractivity contribution in [2.24, 2.45) is 0 Å². The molecule has 0 bridgehead atoms. The number of aryl methyl sites for hydroxylation is 1. The zero-order chi connectivity index (χ0) is 43.5. The lowest BCUT2D eigenvalue weighted by Gasteiger charge is -2.22. The molecule has 11 nitrogen and oxygen atoms in total. The third kappa shape index (κ3) is 13.8. The number of rotatable bonds is 12. The molecule has 2 atom stereocenters. The van der Waals surface area contributed by atoms with Crippen LogP contribution in [0.2, 0.25) is 0 Å². The van der Waals surface area contributed by atoms with Crippen LogP contribution in [0.1, 0.15) is 81.2 Å². The van der Waals surface area contributed by atoms with Gasteiger partial charge in [0.1, 0.15) is 28.5 Å². The van der Waals surface area contributed by atoms with E-state index in [1.54, 1.807) is 57.7 Å². The van der Waals surface area contributed by atoms with Crippen molar-refractivity contribution < 1.29 is 33.8 Å². The summed E-state index contributed by atoms with van der Waals surface area (Å²) in [5, 5.41) is 19.1. The molecule has 60 heavy (non-hydrogen) atoms. The van der Waals surface area contributed by atoms with Crippen molar-refractivity contribution in [3.8, 4) is 5.75 Å². The van der Waals surface area contributed by atoms with E-state index in [1.807, 2.05) is 100 Å². The SMILES string of the molecule is CC(C)(C)OC(=O)NCC(C(=O)Cc1ccc2cnccc2c1)c1ccc(O)cc1.Cc1ccc(C(CNC(=O)OC(C)(C)C)C(=O)Cc2ccc3cnccc3c2)cc1. The molecular formula is C49H54N4O7. The van der Waals surface area contributed by atoms with Crippen LogP contribution in [-0.4, -0.2) is 63.1 Å². The fourth-order valence-corrected chi connectivity index (χ4v) is 6.47. The van der Waals surface area contributed by atoms with E-state index in [-0.39, 0.29) is 43.2 Å². The monoisotopic (exact) mass is 810 g/mol. The van der Waals surface area contributed by atoms with Crippen molar-refractivity contribution in [2.45, 2.75) is 84.3 Å². The van der Waals surface area contributed by atoms with E-state index in [1.165, 1.54) is 12.1 Å². The van der Waals surface area contributed by atoms with Gasteiger partial charge in [0.25, 0.3) is 0 Å². The molecule has 0 fully saturated rings. The van der Waals surface area contributed by atoms with Gasteiger partial charge in [-0.05, 0) is 106 Å². The number of aromatic hydroxyl groups is 1. The average Bonchev–Trinajstić information content (AvgIpc) is 3.18.